The molecule has 3 aromatic carbocycles. The summed E-state index contributed by atoms with van der Waals surface area (Å²) in [6.45, 7) is 6.09. The molecule has 0 aromatic heterocycles. The predicted molar refractivity (Wildman–Crippen MR) is 148 cm³/mol. The second kappa shape index (κ2) is 13.3. The van der Waals surface area contributed by atoms with Crippen LogP contribution in [0.2, 0.25) is 0 Å². The first-order chi connectivity index (χ1) is 17.4. The Morgan fingerprint density at radius 2 is 1.72 bits per heavy atom. The molecule has 0 aliphatic carbocycles. The Labute approximate surface area is 214 Å². The molecule has 0 saturated carbocycles. The zero-order valence-corrected chi connectivity index (χ0v) is 21.6. The van der Waals surface area contributed by atoms with E-state index in [0.29, 0.717) is 19.7 Å². The number of hydrogen-bond donors (Lipinski definition) is 2. The van der Waals surface area contributed by atoms with Crippen LogP contribution in [0.25, 0.3) is 11.1 Å². The number of likely N-dealkylation sites (N-methyl/N-ethyl adjacent to an activating group) is 1. The minimum Gasteiger partial charge on any atom is -0.508 e. The Hall–Kier alpha value is -3.83. The number of allylic oxidation sites excluding steroid dienone is 1. The summed E-state index contributed by atoms with van der Waals surface area (Å²) in [7, 11) is 3.46. The molecule has 0 bridgehead atoms. The lowest BCUT2D eigenvalue weighted by Gasteiger charge is -2.19. The van der Waals surface area contributed by atoms with Gasteiger partial charge in [0.2, 0.25) is 5.91 Å². The minimum atomic E-state index is -0.0252. The third-order valence-corrected chi connectivity index (χ3v) is 5.91. The van der Waals surface area contributed by atoms with Crippen LogP contribution < -0.4 is 10.1 Å². The molecule has 0 fully saturated rings. The van der Waals surface area contributed by atoms with Gasteiger partial charge in [-0.3, -0.25) is 4.79 Å². The van der Waals surface area contributed by atoms with Crippen molar-refractivity contribution in [1.29, 1.82) is 0 Å². The molecule has 1 amide bonds. The average molecular weight is 485 g/mol. The number of aryl methyl sites for hydroxylation is 1. The Bertz CT molecular complexity index is 1200. The van der Waals surface area contributed by atoms with Crippen LogP contribution in [0.15, 0.2) is 84.9 Å². The molecular weight excluding hydrogens is 448 g/mol. The molecule has 0 heterocycles. The maximum Gasteiger partial charge on any atom is 0.245 e. The standard InChI is InChI=1S/C31H36N2O3/c1-5-28(24-10-7-6-8-11-24)31(25-13-15-26(34)16-14-25)29-18-17-27(22-23(29)2)36-21-20-32-19-9-12-30(35)33(3)4/h6-18,22,32,34H,5,19-21H2,1-4H3/b12-9+,31-28-. The molecule has 0 spiro atoms. The minimum absolute atomic E-state index is 0.0252. The highest BCUT2D eigenvalue weighted by molar-refractivity contribution is 5.99. The van der Waals surface area contributed by atoms with Crippen LogP contribution in [0.4, 0.5) is 0 Å². The first kappa shape index (κ1) is 26.8. The van der Waals surface area contributed by atoms with Gasteiger partial charge in [-0.25, -0.2) is 0 Å². The molecule has 2 N–H and O–H groups in total. The van der Waals surface area contributed by atoms with E-state index in [-0.39, 0.29) is 11.7 Å². The number of nitrogens with one attached hydrogen (secondary N) is 1. The predicted octanol–water partition coefficient (Wildman–Crippen LogP) is 5.68. The number of aromatic hydroxyl groups is 1. The van der Waals surface area contributed by atoms with Gasteiger partial charge in [-0.15, -0.1) is 0 Å². The van der Waals surface area contributed by atoms with Gasteiger partial charge in [0.05, 0.1) is 0 Å². The van der Waals surface area contributed by atoms with Gasteiger partial charge in [-0.05, 0) is 71.0 Å². The summed E-state index contributed by atoms with van der Waals surface area (Å²) in [6, 6.07) is 24.1. The Balaban J connectivity index is 1.77. The number of phenols is 1. The highest BCUT2D eigenvalue weighted by Crippen LogP contribution is 2.37. The average Bonchev–Trinajstić information content (AvgIpc) is 2.88. The van der Waals surface area contributed by atoms with Gasteiger partial charge in [0.15, 0.2) is 0 Å². The number of amides is 1. The quantitative estimate of drug-likeness (QED) is 0.209. The van der Waals surface area contributed by atoms with Gasteiger partial charge in [-0.1, -0.05) is 61.5 Å². The second-order valence-corrected chi connectivity index (χ2v) is 8.78. The molecular formula is C31H36N2O3. The molecule has 188 valence electrons. The third kappa shape index (κ3) is 7.33. The number of phenolic OH excluding ortho intramolecular Hbond substituents is 1. The van der Waals surface area contributed by atoms with Crippen LogP contribution in [0.3, 0.4) is 0 Å². The van der Waals surface area contributed by atoms with Crippen molar-refractivity contribution < 1.29 is 14.6 Å². The lowest BCUT2D eigenvalue weighted by atomic mass is 9.86. The Morgan fingerprint density at radius 3 is 2.36 bits per heavy atom. The van der Waals surface area contributed by atoms with Crippen LogP contribution in [-0.2, 0) is 4.79 Å². The van der Waals surface area contributed by atoms with E-state index in [0.717, 1.165) is 34.4 Å². The fourth-order valence-corrected chi connectivity index (χ4v) is 4.03. The monoisotopic (exact) mass is 484 g/mol. The zero-order chi connectivity index (χ0) is 25.9. The van der Waals surface area contributed by atoms with Gasteiger partial charge >= 0.3 is 0 Å². The molecule has 0 saturated heterocycles. The third-order valence-electron chi connectivity index (χ3n) is 5.91. The van der Waals surface area contributed by atoms with E-state index in [1.165, 1.54) is 16.0 Å². The molecule has 5 nitrogen and oxygen atoms in total. The van der Waals surface area contributed by atoms with E-state index in [1.807, 2.05) is 30.3 Å². The Kier molecular flexibility index (Phi) is 9.90. The SMILES string of the molecule is CC/C(=C(\c1ccc(O)cc1)c1ccc(OCCNC/C=C/C(=O)N(C)C)cc1C)c1ccccc1. The van der Waals surface area contributed by atoms with Crippen LogP contribution in [0.1, 0.15) is 35.6 Å². The fraction of sp³-hybridized carbons (Fsp3) is 0.258. The molecule has 0 aliphatic heterocycles. The first-order valence-electron chi connectivity index (χ1n) is 12.3. The number of nitrogens with zero attached hydrogens (tertiary/aromatic N) is 1. The molecule has 3 rings (SSSR count). The van der Waals surface area contributed by atoms with Gasteiger partial charge in [0, 0.05) is 33.3 Å². The molecule has 0 aliphatic rings. The van der Waals surface area contributed by atoms with Crippen LogP contribution >= 0.6 is 0 Å². The molecule has 3 aromatic rings. The van der Waals surface area contributed by atoms with Crippen molar-refractivity contribution in [3.8, 4) is 11.5 Å². The summed E-state index contributed by atoms with van der Waals surface area (Å²) < 4.78 is 5.97. The van der Waals surface area contributed by atoms with Crippen LogP contribution in [0, 0.1) is 6.92 Å². The maximum atomic E-state index is 11.5. The lowest BCUT2D eigenvalue weighted by molar-refractivity contribution is -0.123. The van der Waals surface area contributed by atoms with E-state index in [4.69, 9.17) is 4.74 Å². The topological polar surface area (TPSA) is 61.8 Å². The molecule has 0 radical (unpaired) electrons. The highest BCUT2D eigenvalue weighted by atomic mass is 16.5. The lowest BCUT2D eigenvalue weighted by Crippen LogP contribution is -2.22. The molecule has 0 unspecified atom stereocenters. The smallest absolute Gasteiger partial charge is 0.245 e. The van der Waals surface area contributed by atoms with Gasteiger partial charge in [0.25, 0.3) is 0 Å². The summed E-state index contributed by atoms with van der Waals surface area (Å²) in [5, 5.41) is 13.1. The largest absolute Gasteiger partial charge is 0.508 e. The van der Waals surface area contributed by atoms with E-state index in [1.54, 1.807) is 32.3 Å². The number of ether oxygens (including phenoxy) is 1. The summed E-state index contributed by atoms with van der Waals surface area (Å²) in [5.41, 5.74) is 6.93. The molecule has 36 heavy (non-hydrogen) atoms. The number of carbonyl (C=O) groups is 1. The van der Waals surface area contributed by atoms with E-state index >= 15 is 0 Å². The van der Waals surface area contributed by atoms with Crippen molar-refractivity contribution in [1.82, 2.24) is 10.2 Å². The van der Waals surface area contributed by atoms with Crippen molar-refractivity contribution in [2.45, 2.75) is 20.3 Å². The second-order valence-electron chi connectivity index (χ2n) is 8.78. The van der Waals surface area contributed by atoms with Crippen molar-refractivity contribution in [2.24, 2.45) is 0 Å². The van der Waals surface area contributed by atoms with Crippen molar-refractivity contribution in [3.63, 3.8) is 0 Å². The van der Waals surface area contributed by atoms with E-state index in [2.05, 4.69) is 55.6 Å². The van der Waals surface area contributed by atoms with Gasteiger partial charge in [-0.2, -0.15) is 0 Å². The summed E-state index contributed by atoms with van der Waals surface area (Å²) in [5.74, 6) is 1.05. The summed E-state index contributed by atoms with van der Waals surface area (Å²) in [6.07, 6.45) is 4.25. The van der Waals surface area contributed by atoms with Crippen LogP contribution in [-0.4, -0.2) is 49.7 Å². The van der Waals surface area contributed by atoms with Gasteiger partial charge in [0.1, 0.15) is 18.1 Å². The Morgan fingerprint density at radius 1 is 1.00 bits per heavy atom. The summed E-state index contributed by atoms with van der Waals surface area (Å²) >= 11 is 0. The zero-order valence-electron chi connectivity index (χ0n) is 21.6. The van der Waals surface area contributed by atoms with Gasteiger partial charge < -0.3 is 20.1 Å². The van der Waals surface area contributed by atoms with Crippen molar-refractivity contribution in [2.75, 3.05) is 33.8 Å². The van der Waals surface area contributed by atoms with Crippen LogP contribution in [0.5, 0.6) is 11.5 Å². The number of rotatable bonds is 11. The van der Waals surface area contributed by atoms with E-state index < -0.39 is 0 Å². The van der Waals surface area contributed by atoms with Crippen molar-refractivity contribution >= 4 is 17.1 Å². The molecule has 0 atom stereocenters. The highest BCUT2D eigenvalue weighted by Gasteiger charge is 2.15. The number of hydrogen-bond acceptors (Lipinski definition) is 4. The maximum absolute atomic E-state index is 11.5. The van der Waals surface area contributed by atoms with E-state index in [9.17, 15) is 9.90 Å². The summed E-state index contributed by atoms with van der Waals surface area (Å²) in [4.78, 5) is 13.1. The number of carbonyl (C=O) groups excluding carboxylic acids is 1. The fourth-order valence-electron chi connectivity index (χ4n) is 4.03. The number of benzene rings is 3. The first-order valence-corrected chi connectivity index (χ1v) is 12.3. The normalized spacial score (nSPS) is 11.9. The van der Waals surface area contributed by atoms with Crippen molar-refractivity contribution in [3.05, 3.63) is 107 Å². The molecule has 5 heteroatoms.